The summed E-state index contributed by atoms with van der Waals surface area (Å²) in [5, 5.41) is 2.12. The van der Waals surface area contributed by atoms with E-state index in [1.807, 2.05) is 24.3 Å². The van der Waals surface area contributed by atoms with E-state index in [4.69, 9.17) is 10.6 Å². The van der Waals surface area contributed by atoms with Crippen LogP contribution in [-0.2, 0) is 0 Å². The lowest BCUT2D eigenvalue weighted by Gasteiger charge is -2.15. The molecule has 1 unspecified atom stereocenters. The number of thiophene rings is 1. The van der Waals surface area contributed by atoms with Crippen LogP contribution in [0, 0.1) is 6.92 Å². The molecule has 3 N–H and O–H groups in total. The molecule has 1 aromatic heterocycles. The fourth-order valence-corrected chi connectivity index (χ4v) is 2.55. The van der Waals surface area contributed by atoms with Gasteiger partial charge in [-0.3, -0.25) is 5.84 Å². The van der Waals surface area contributed by atoms with Crippen molar-refractivity contribution in [2.75, 3.05) is 7.11 Å². The lowest BCUT2D eigenvalue weighted by atomic mass is 10.0. The number of nitrogens with one attached hydrogen (secondary N) is 1. The maximum atomic E-state index is 5.65. The van der Waals surface area contributed by atoms with Crippen molar-refractivity contribution in [3.63, 3.8) is 0 Å². The normalized spacial score (nSPS) is 12.4. The number of aryl methyl sites for hydroxylation is 1. The fourth-order valence-electron chi connectivity index (χ4n) is 1.82. The van der Waals surface area contributed by atoms with Crippen LogP contribution in [0.3, 0.4) is 0 Å². The van der Waals surface area contributed by atoms with Gasteiger partial charge in [-0.25, -0.2) is 5.43 Å². The summed E-state index contributed by atoms with van der Waals surface area (Å²) in [6, 6.07) is 10.1. The number of rotatable bonds is 4. The summed E-state index contributed by atoms with van der Waals surface area (Å²) in [5.41, 5.74) is 5.14. The van der Waals surface area contributed by atoms with Gasteiger partial charge < -0.3 is 4.74 Å². The van der Waals surface area contributed by atoms with Crippen LogP contribution in [-0.4, -0.2) is 7.11 Å². The zero-order valence-corrected chi connectivity index (χ0v) is 10.8. The highest BCUT2D eigenvalue weighted by Gasteiger charge is 2.14. The summed E-state index contributed by atoms with van der Waals surface area (Å²) in [5.74, 6) is 6.49. The molecule has 90 valence electrons. The van der Waals surface area contributed by atoms with Gasteiger partial charge in [0.25, 0.3) is 0 Å². The molecule has 1 aromatic carbocycles. The maximum absolute atomic E-state index is 5.65. The molecule has 17 heavy (non-hydrogen) atoms. The van der Waals surface area contributed by atoms with E-state index in [9.17, 15) is 0 Å². The van der Waals surface area contributed by atoms with Crippen molar-refractivity contribution in [2.45, 2.75) is 13.0 Å². The van der Waals surface area contributed by atoms with Crippen LogP contribution >= 0.6 is 11.3 Å². The number of nitrogens with two attached hydrogens (primary N) is 1. The van der Waals surface area contributed by atoms with E-state index < -0.39 is 0 Å². The van der Waals surface area contributed by atoms with Crippen LogP contribution in [0.25, 0.3) is 0 Å². The Labute approximate surface area is 105 Å². The van der Waals surface area contributed by atoms with Gasteiger partial charge in [0.05, 0.1) is 13.2 Å². The average Bonchev–Trinajstić information content (AvgIpc) is 2.77. The molecule has 2 rings (SSSR count). The van der Waals surface area contributed by atoms with Crippen molar-refractivity contribution in [1.29, 1.82) is 0 Å². The van der Waals surface area contributed by atoms with E-state index >= 15 is 0 Å². The minimum absolute atomic E-state index is 0.00931. The Morgan fingerprint density at radius 1 is 1.29 bits per heavy atom. The second-order valence-corrected chi connectivity index (χ2v) is 4.98. The van der Waals surface area contributed by atoms with E-state index in [1.165, 1.54) is 10.4 Å². The minimum Gasteiger partial charge on any atom is -0.497 e. The standard InChI is InChI=1S/C13H16N2OS/c1-9-6-11(8-17-9)13(15-14)10-4-3-5-12(7-10)16-2/h3-8,13,15H,14H2,1-2H3. The van der Waals surface area contributed by atoms with E-state index in [-0.39, 0.29) is 6.04 Å². The predicted octanol–water partition coefficient (Wildman–Crippen LogP) is 2.62. The van der Waals surface area contributed by atoms with Crippen molar-refractivity contribution >= 4 is 11.3 Å². The number of ether oxygens (including phenoxy) is 1. The molecule has 0 bridgehead atoms. The second-order valence-electron chi connectivity index (χ2n) is 3.87. The van der Waals surface area contributed by atoms with Crippen LogP contribution in [0.5, 0.6) is 5.75 Å². The fraction of sp³-hybridized carbons (Fsp3) is 0.231. The van der Waals surface area contributed by atoms with E-state index in [1.54, 1.807) is 18.4 Å². The first-order valence-corrected chi connectivity index (χ1v) is 6.27. The van der Waals surface area contributed by atoms with Crippen LogP contribution < -0.4 is 16.0 Å². The first-order chi connectivity index (χ1) is 8.24. The van der Waals surface area contributed by atoms with Gasteiger partial charge in [0.1, 0.15) is 5.75 Å². The number of methoxy groups -OCH3 is 1. The minimum atomic E-state index is 0.00931. The molecule has 1 atom stereocenters. The highest BCUT2D eigenvalue weighted by atomic mass is 32.1. The third-order valence-electron chi connectivity index (χ3n) is 2.68. The lowest BCUT2D eigenvalue weighted by molar-refractivity contribution is 0.413. The third kappa shape index (κ3) is 2.66. The van der Waals surface area contributed by atoms with Crippen LogP contribution in [0.1, 0.15) is 22.0 Å². The summed E-state index contributed by atoms with van der Waals surface area (Å²) in [4.78, 5) is 1.28. The van der Waals surface area contributed by atoms with Gasteiger partial charge in [-0.05, 0) is 41.6 Å². The molecule has 0 spiro atoms. The molecule has 2 aromatic rings. The molecule has 0 aliphatic heterocycles. The Balaban J connectivity index is 2.34. The first kappa shape index (κ1) is 12.1. The largest absolute Gasteiger partial charge is 0.497 e. The second kappa shape index (κ2) is 5.31. The average molecular weight is 248 g/mol. The Kier molecular flexibility index (Phi) is 3.78. The van der Waals surface area contributed by atoms with Crippen LogP contribution in [0.4, 0.5) is 0 Å². The molecule has 0 saturated heterocycles. The van der Waals surface area contributed by atoms with Gasteiger partial charge >= 0.3 is 0 Å². The van der Waals surface area contributed by atoms with Gasteiger partial charge in [-0.1, -0.05) is 12.1 Å². The van der Waals surface area contributed by atoms with Gasteiger partial charge in [-0.2, -0.15) is 0 Å². The Morgan fingerprint density at radius 2 is 2.12 bits per heavy atom. The molecular weight excluding hydrogens is 232 g/mol. The van der Waals surface area contributed by atoms with Gasteiger partial charge in [-0.15, -0.1) is 11.3 Å². The van der Waals surface area contributed by atoms with E-state index in [0.29, 0.717) is 0 Å². The predicted molar refractivity (Wildman–Crippen MR) is 71.2 cm³/mol. The summed E-state index contributed by atoms with van der Waals surface area (Å²) in [7, 11) is 1.67. The Bertz CT molecular complexity index is 496. The molecule has 3 nitrogen and oxygen atoms in total. The maximum Gasteiger partial charge on any atom is 0.119 e. The molecule has 0 radical (unpaired) electrons. The molecule has 0 aliphatic rings. The lowest BCUT2D eigenvalue weighted by Crippen LogP contribution is -2.28. The number of hydrogen-bond acceptors (Lipinski definition) is 4. The zero-order valence-electron chi connectivity index (χ0n) is 9.94. The van der Waals surface area contributed by atoms with Crippen molar-refractivity contribution in [3.8, 4) is 5.75 Å². The summed E-state index contributed by atoms with van der Waals surface area (Å²) in [6.45, 7) is 2.09. The smallest absolute Gasteiger partial charge is 0.119 e. The molecule has 1 heterocycles. The van der Waals surface area contributed by atoms with Crippen molar-refractivity contribution in [1.82, 2.24) is 5.43 Å². The molecule has 4 heteroatoms. The topological polar surface area (TPSA) is 47.3 Å². The van der Waals surface area contributed by atoms with Crippen LogP contribution in [0.15, 0.2) is 35.7 Å². The molecule has 0 aliphatic carbocycles. The third-order valence-corrected chi connectivity index (χ3v) is 3.56. The van der Waals surface area contributed by atoms with Gasteiger partial charge in [0.2, 0.25) is 0 Å². The van der Waals surface area contributed by atoms with Crippen molar-refractivity contribution in [2.24, 2.45) is 5.84 Å². The van der Waals surface area contributed by atoms with Gasteiger partial charge in [0.15, 0.2) is 0 Å². The molecule has 0 fully saturated rings. The number of hydrogen-bond donors (Lipinski definition) is 2. The highest BCUT2D eigenvalue weighted by molar-refractivity contribution is 7.10. The SMILES string of the molecule is COc1cccc(C(NN)c2csc(C)c2)c1. The summed E-state index contributed by atoms with van der Waals surface area (Å²) in [6.07, 6.45) is 0. The van der Waals surface area contributed by atoms with E-state index in [2.05, 4.69) is 23.8 Å². The molecular formula is C13H16N2OS. The monoisotopic (exact) mass is 248 g/mol. The quantitative estimate of drug-likeness (QED) is 0.646. The number of benzene rings is 1. The van der Waals surface area contributed by atoms with E-state index in [0.717, 1.165) is 11.3 Å². The number of hydrazine groups is 1. The Morgan fingerprint density at radius 3 is 2.71 bits per heavy atom. The van der Waals surface area contributed by atoms with Gasteiger partial charge in [0, 0.05) is 4.88 Å². The highest BCUT2D eigenvalue weighted by Crippen LogP contribution is 2.27. The molecule has 0 amide bonds. The Hall–Kier alpha value is -1.36. The molecule has 0 saturated carbocycles. The van der Waals surface area contributed by atoms with Crippen molar-refractivity contribution < 1.29 is 4.74 Å². The first-order valence-electron chi connectivity index (χ1n) is 5.39. The van der Waals surface area contributed by atoms with Crippen LogP contribution in [0.2, 0.25) is 0 Å². The summed E-state index contributed by atoms with van der Waals surface area (Å²) < 4.78 is 5.22. The van der Waals surface area contributed by atoms with Crippen molar-refractivity contribution in [3.05, 3.63) is 51.7 Å². The summed E-state index contributed by atoms with van der Waals surface area (Å²) >= 11 is 1.73. The zero-order chi connectivity index (χ0) is 12.3.